The maximum absolute atomic E-state index is 12.2. The number of esters is 1. The van der Waals surface area contributed by atoms with Gasteiger partial charge in [-0.05, 0) is 0 Å². The summed E-state index contributed by atoms with van der Waals surface area (Å²) >= 11 is 0. The Kier molecular flexibility index (Phi) is 4.77. The van der Waals surface area contributed by atoms with E-state index in [1.165, 1.54) is 0 Å². The van der Waals surface area contributed by atoms with E-state index in [0.29, 0.717) is 13.0 Å². The van der Waals surface area contributed by atoms with Gasteiger partial charge in [0.05, 0.1) is 6.42 Å². The van der Waals surface area contributed by atoms with Crippen molar-refractivity contribution in [3.63, 3.8) is 0 Å². The van der Waals surface area contributed by atoms with Gasteiger partial charge in [0.15, 0.2) is 6.10 Å². The number of hydrogen-bond donors (Lipinski definition) is 0. The average molecular weight is 253 g/mol. The zero-order valence-corrected chi connectivity index (χ0v) is 10.2. The van der Waals surface area contributed by atoms with Gasteiger partial charge >= 0.3 is 14.2 Å². The summed E-state index contributed by atoms with van der Waals surface area (Å²) in [6.07, 6.45) is 0.0276. The number of carbonyl (C=O) groups is 1. The van der Waals surface area contributed by atoms with Gasteiger partial charge in [-0.15, -0.1) is 9.05 Å². The summed E-state index contributed by atoms with van der Waals surface area (Å²) in [5.74, 6) is -0.0648. The highest BCUT2D eigenvalue weighted by Gasteiger charge is 2.46. The van der Waals surface area contributed by atoms with Crippen molar-refractivity contribution >= 4 is 14.2 Å². The summed E-state index contributed by atoms with van der Waals surface area (Å²) in [6, 6.07) is 0. The number of carbonyl (C=O) groups excluding carboxylic acids is 1. The maximum atomic E-state index is 12.2. The van der Waals surface area contributed by atoms with Crippen LogP contribution >= 0.6 is 8.25 Å². The molecule has 0 saturated carbocycles. The number of cyclic esters (lactones) is 1. The summed E-state index contributed by atoms with van der Waals surface area (Å²) in [4.78, 5) is 9.68. The van der Waals surface area contributed by atoms with Crippen molar-refractivity contribution in [1.29, 1.82) is 0 Å². The monoisotopic (exact) mass is 253 g/mol. The zero-order valence-electron chi connectivity index (χ0n) is 9.27. The molecular formula is C9H15FO5P+. The average Bonchev–Trinajstić information content (AvgIpc) is 2.19. The van der Waals surface area contributed by atoms with Crippen molar-refractivity contribution in [1.82, 2.24) is 0 Å². The van der Waals surface area contributed by atoms with Crippen molar-refractivity contribution in [2.24, 2.45) is 5.41 Å². The Morgan fingerprint density at radius 3 is 2.44 bits per heavy atom. The highest BCUT2D eigenvalue weighted by molar-refractivity contribution is 7.33. The second kappa shape index (κ2) is 5.66. The molecule has 0 bridgehead atoms. The lowest BCUT2D eigenvalue weighted by Gasteiger charge is -2.28. The fourth-order valence-electron chi connectivity index (χ4n) is 1.01. The van der Waals surface area contributed by atoms with Crippen molar-refractivity contribution in [3.8, 4) is 0 Å². The lowest BCUT2D eigenvalue weighted by Crippen LogP contribution is -2.38. The van der Waals surface area contributed by atoms with Crippen LogP contribution in [-0.2, 0) is 23.1 Å². The van der Waals surface area contributed by atoms with Crippen LogP contribution < -0.4 is 0 Å². The van der Waals surface area contributed by atoms with Crippen LogP contribution in [0.4, 0.5) is 4.39 Å². The molecule has 2 saturated heterocycles. The van der Waals surface area contributed by atoms with Crippen LogP contribution in [0.15, 0.2) is 0 Å². The van der Waals surface area contributed by atoms with Crippen LogP contribution in [0.3, 0.4) is 0 Å². The molecule has 0 amide bonds. The normalized spacial score (nSPS) is 29.6. The van der Waals surface area contributed by atoms with Crippen LogP contribution in [0.1, 0.15) is 20.3 Å². The van der Waals surface area contributed by atoms with Gasteiger partial charge < -0.3 is 4.74 Å². The minimum Gasteiger partial charge on any atom is -0.465 e. The molecule has 0 aromatic rings. The molecule has 0 N–H and O–H groups in total. The summed E-state index contributed by atoms with van der Waals surface area (Å²) in [5, 5.41) is 0. The zero-order chi connectivity index (χ0) is 12.2. The van der Waals surface area contributed by atoms with Crippen molar-refractivity contribution in [3.05, 3.63) is 0 Å². The van der Waals surface area contributed by atoms with E-state index in [0.717, 1.165) is 0 Å². The molecule has 0 aromatic carbocycles. The molecule has 0 spiro atoms. The molecule has 2 aliphatic heterocycles. The Bertz CT molecular complexity index is 275. The topological polar surface area (TPSA) is 61.8 Å². The lowest BCUT2D eigenvalue weighted by molar-refractivity contribution is -0.157. The van der Waals surface area contributed by atoms with Gasteiger partial charge in [0.25, 0.3) is 0 Å². The third kappa shape index (κ3) is 3.77. The number of halogens is 1. The number of rotatable bonds is 1. The highest BCUT2D eigenvalue weighted by atomic mass is 31.1. The van der Waals surface area contributed by atoms with Crippen molar-refractivity contribution in [2.75, 3.05) is 19.9 Å². The Morgan fingerprint density at radius 1 is 1.56 bits per heavy atom. The third-order valence-electron chi connectivity index (χ3n) is 2.34. The first-order chi connectivity index (χ1) is 7.45. The van der Waals surface area contributed by atoms with Crippen LogP contribution in [0.5, 0.6) is 0 Å². The molecular weight excluding hydrogens is 238 g/mol. The Hall–Kier alpha value is -0.580. The quantitative estimate of drug-likeness (QED) is 0.528. The lowest BCUT2D eigenvalue weighted by atomic mass is 9.88. The van der Waals surface area contributed by atoms with Gasteiger partial charge in [-0.3, -0.25) is 4.79 Å². The molecule has 92 valence electrons. The van der Waals surface area contributed by atoms with Gasteiger partial charge in [-0.2, -0.15) is 0 Å². The number of hydrogen-bond acceptors (Lipinski definition) is 5. The van der Waals surface area contributed by atoms with Gasteiger partial charge in [0, 0.05) is 9.98 Å². The molecule has 0 aromatic heterocycles. The molecule has 2 rings (SSSR count). The predicted octanol–water partition coefficient (Wildman–Crippen LogP) is 1.99. The molecule has 2 atom stereocenters. The largest absolute Gasteiger partial charge is 0.697 e. The van der Waals surface area contributed by atoms with Crippen LogP contribution in [0.25, 0.3) is 0 Å². The molecule has 2 heterocycles. The Labute approximate surface area is 94.2 Å². The van der Waals surface area contributed by atoms with E-state index in [4.69, 9.17) is 9.05 Å². The van der Waals surface area contributed by atoms with E-state index in [-0.39, 0.29) is 18.0 Å². The Morgan fingerprint density at radius 2 is 2.12 bits per heavy atom. The molecule has 0 aliphatic carbocycles. The minimum absolute atomic E-state index is 0.0648. The van der Waals surface area contributed by atoms with Crippen LogP contribution in [-0.4, -0.2) is 32.0 Å². The van der Waals surface area contributed by atoms with E-state index in [9.17, 15) is 13.8 Å². The van der Waals surface area contributed by atoms with E-state index < -0.39 is 21.0 Å². The summed E-state index contributed by atoms with van der Waals surface area (Å²) in [5.41, 5.74) is -0.377. The predicted molar refractivity (Wildman–Crippen MR) is 53.8 cm³/mol. The van der Waals surface area contributed by atoms with Gasteiger partial charge in [-0.25, -0.2) is 4.39 Å². The van der Waals surface area contributed by atoms with Crippen molar-refractivity contribution in [2.45, 2.75) is 26.4 Å². The second-order valence-electron chi connectivity index (χ2n) is 4.20. The first kappa shape index (κ1) is 13.5. The molecule has 16 heavy (non-hydrogen) atoms. The van der Waals surface area contributed by atoms with Gasteiger partial charge in [-0.1, -0.05) is 13.8 Å². The van der Waals surface area contributed by atoms with E-state index in [2.05, 4.69) is 4.74 Å². The smallest absolute Gasteiger partial charge is 0.465 e. The van der Waals surface area contributed by atoms with Gasteiger partial charge in [0.1, 0.15) is 19.9 Å². The Balaban J connectivity index is 0.000000212. The molecule has 2 unspecified atom stereocenters. The summed E-state index contributed by atoms with van der Waals surface area (Å²) in [7, 11) is -2.09. The maximum Gasteiger partial charge on any atom is 0.697 e. The number of alkyl halides is 1. The first-order valence-corrected chi connectivity index (χ1v) is 6.04. The highest BCUT2D eigenvalue weighted by Crippen LogP contribution is 2.41. The van der Waals surface area contributed by atoms with E-state index in [1.54, 1.807) is 0 Å². The standard InChI is InChI=1S/C6H11FO3P.C3H4O2/c1-6(2)4-9-11(8)10-5(6)3-7;4-3-1-2-5-3/h5H,3-4H2,1-2H3;1-2H2/q+1;. The molecule has 2 aliphatic rings. The minimum atomic E-state index is -2.09. The fraction of sp³-hybridized carbons (Fsp3) is 0.889. The fourth-order valence-corrected chi connectivity index (χ4v) is 2.06. The molecule has 7 heteroatoms. The molecule has 0 radical (unpaired) electrons. The first-order valence-electron chi connectivity index (χ1n) is 4.94. The second-order valence-corrected chi connectivity index (χ2v) is 5.12. The van der Waals surface area contributed by atoms with Gasteiger partial charge in [0.2, 0.25) is 0 Å². The summed E-state index contributed by atoms with van der Waals surface area (Å²) in [6.45, 7) is 3.95. The van der Waals surface area contributed by atoms with E-state index in [1.807, 2.05) is 13.8 Å². The van der Waals surface area contributed by atoms with Crippen molar-refractivity contribution < 1.29 is 27.5 Å². The summed E-state index contributed by atoms with van der Waals surface area (Å²) < 4.78 is 36.7. The SMILES string of the molecule is CC1(C)CO[P+](=O)OC1CF.O=C1CCO1. The van der Waals surface area contributed by atoms with Crippen LogP contribution in [0.2, 0.25) is 0 Å². The third-order valence-corrected chi connectivity index (χ3v) is 3.10. The molecule has 5 nitrogen and oxygen atoms in total. The number of ether oxygens (including phenoxy) is 1. The van der Waals surface area contributed by atoms with Crippen LogP contribution in [0, 0.1) is 5.41 Å². The van der Waals surface area contributed by atoms with E-state index >= 15 is 0 Å². The molecule has 2 fully saturated rings.